The van der Waals surface area contributed by atoms with Gasteiger partial charge in [-0.05, 0) is 37.0 Å². The van der Waals surface area contributed by atoms with Gasteiger partial charge in [-0.25, -0.2) is 25.9 Å². The number of methoxy groups -OCH3 is 1. The summed E-state index contributed by atoms with van der Waals surface area (Å²) in [5.41, 5.74) is 0. The molecular weight excluding hydrogens is 371 g/mol. The Morgan fingerprint density at radius 3 is 2.72 bits per heavy atom. The number of nitrogens with one attached hydrogen (secondary N) is 1. The number of hydrogen-bond acceptors (Lipinski definition) is 5. The third-order valence-electron chi connectivity index (χ3n) is 4.04. The molecule has 1 aliphatic rings. The van der Waals surface area contributed by atoms with Crippen molar-refractivity contribution in [1.29, 1.82) is 0 Å². The quantitative estimate of drug-likeness (QED) is 0.755. The van der Waals surface area contributed by atoms with E-state index in [1.54, 1.807) is 0 Å². The first-order chi connectivity index (χ1) is 11.7. The van der Waals surface area contributed by atoms with Crippen LogP contribution in [0.25, 0.3) is 0 Å². The topological polar surface area (TPSA) is 92.8 Å². The van der Waals surface area contributed by atoms with E-state index >= 15 is 0 Å². The van der Waals surface area contributed by atoms with Gasteiger partial charge in [0.2, 0.25) is 20.0 Å². The Balaban J connectivity index is 2.13. The van der Waals surface area contributed by atoms with Crippen molar-refractivity contribution in [1.82, 2.24) is 9.03 Å². The predicted octanol–water partition coefficient (Wildman–Crippen LogP) is 1.30. The zero-order chi connectivity index (χ0) is 18.7. The van der Waals surface area contributed by atoms with Gasteiger partial charge < -0.3 is 4.74 Å². The molecule has 0 aliphatic carbocycles. The maximum atomic E-state index is 13.8. The molecule has 140 valence electrons. The highest BCUT2D eigenvalue weighted by atomic mass is 32.2. The first-order valence-corrected chi connectivity index (χ1v) is 10.6. The van der Waals surface area contributed by atoms with Crippen LogP contribution in [0, 0.1) is 11.7 Å². The number of ether oxygens (including phenoxy) is 1. The van der Waals surface area contributed by atoms with Gasteiger partial charge in [-0.2, -0.15) is 4.31 Å². The minimum absolute atomic E-state index is 0.0331. The zero-order valence-electron chi connectivity index (χ0n) is 13.8. The summed E-state index contributed by atoms with van der Waals surface area (Å²) >= 11 is 0. The van der Waals surface area contributed by atoms with Crippen LogP contribution in [0.15, 0.2) is 35.1 Å². The van der Waals surface area contributed by atoms with Crippen molar-refractivity contribution in [2.24, 2.45) is 5.92 Å². The standard InChI is InChI=1S/C15H21FN2O5S2/c1-3-24(19,20)17-10-12-5-4-8-18(11-12)25(21,22)13-6-7-15(23-2)14(16)9-13/h3,6-7,9,12,17H,1,4-5,8,10-11H2,2H3/t12-/m1/s1. The molecule has 2 rings (SSSR count). The molecule has 0 spiro atoms. The highest BCUT2D eigenvalue weighted by Gasteiger charge is 2.31. The van der Waals surface area contributed by atoms with E-state index in [4.69, 9.17) is 4.74 Å². The summed E-state index contributed by atoms with van der Waals surface area (Å²) in [4.78, 5) is -0.155. The summed E-state index contributed by atoms with van der Waals surface area (Å²) in [7, 11) is -6.12. The van der Waals surface area contributed by atoms with E-state index in [1.165, 1.54) is 23.5 Å². The Labute approximate surface area is 147 Å². The highest BCUT2D eigenvalue weighted by Crippen LogP contribution is 2.26. The molecule has 1 N–H and O–H groups in total. The molecule has 1 saturated heterocycles. The van der Waals surface area contributed by atoms with Gasteiger partial charge in [0.1, 0.15) is 0 Å². The lowest BCUT2D eigenvalue weighted by atomic mass is 10.0. The van der Waals surface area contributed by atoms with Crippen LogP contribution in [0.3, 0.4) is 0 Å². The Kier molecular flexibility index (Phi) is 6.20. The van der Waals surface area contributed by atoms with Crippen molar-refractivity contribution < 1.29 is 26.0 Å². The van der Waals surface area contributed by atoms with E-state index in [9.17, 15) is 21.2 Å². The largest absolute Gasteiger partial charge is 0.494 e. The van der Waals surface area contributed by atoms with E-state index in [0.717, 1.165) is 11.5 Å². The second-order valence-corrected chi connectivity index (χ2v) is 9.38. The normalized spacial score (nSPS) is 19.5. The van der Waals surface area contributed by atoms with E-state index in [-0.39, 0.29) is 29.7 Å². The number of nitrogens with zero attached hydrogens (tertiary/aromatic N) is 1. The van der Waals surface area contributed by atoms with Gasteiger partial charge in [0.05, 0.1) is 12.0 Å². The number of rotatable bonds is 7. The molecule has 1 aliphatic heterocycles. The minimum atomic E-state index is -3.86. The maximum absolute atomic E-state index is 13.8. The third kappa shape index (κ3) is 4.78. The van der Waals surface area contributed by atoms with Crippen molar-refractivity contribution in [2.45, 2.75) is 17.7 Å². The fourth-order valence-corrected chi connectivity index (χ4v) is 4.81. The van der Waals surface area contributed by atoms with Crippen LogP contribution in [0.2, 0.25) is 0 Å². The lowest BCUT2D eigenvalue weighted by Gasteiger charge is -2.32. The molecule has 1 heterocycles. The number of benzene rings is 1. The van der Waals surface area contributed by atoms with Gasteiger partial charge in [-0.3, -0.25) is 0 Å². The lowest BCUT2D eigenvalue weighted by Crippen LogP contribution is -2.43. The minimum Gasteiger partial charge on any atom is -0.494 e. The molecule has 25 heavy (non-hydrogen) atoms. The zero-order valence-corrected chi connectivity index (χ0v) is 15.4. The van der Waals surface area contributed by atoms with Crippen molar-refractivity contribution in [3.8, 4) is 5.75 Å². The Bertz CT molecular complexity index is 839. The van der Waals surface area contributed by atoms with E-state index in [0.29, 0.717) is 19.4 Å². The average molecular weight is 392 g/mol. The van der Waals surface area contributed by atoms with Gasteiger partial charge in [-0.1, -0.05) is 6.58 Å². The van der Waals surface area contributed by atoms with Crippen LogP contribution in [-0.4, -0.2) is 47.9 Å². The molecule has 1 fully saturated rings. The summed E-state index contributed by atoms with van der Waals surface area (Å²) < 4.78 is 70.5. The van der Waals surface area contributed by atoms with Crippen molar-refractivity contribution >= 4 is 20.0 Å². The van der Waals surface area contributed by atoms with Crippen LogP contribution in [-0.2, 0) is 20.0 Å². The molecule has 0 aromatic heterocycles. The van der Waals surface area contributed by atoms with Gasteiger partial charge in [0.15, 0.2) is 11.6 Å². The average Bonchev–Trinajstić information content (AvgIpc) is 2.60. The van der Waals surface area contributed by atoms with Crippen LogP contribution < -0.4 is 9.46 Å². The predicted molar refractivity (Wildman–Crippen MR) is 91.6 cm³/mol. The molecule has 1 atom stereocenters. The van der Waals surface area contributed by atoms with Crippen LogP contribution in [0.5, 0.6) is 5.75 Å². The summed E-state index contributed by atoms with van der Waals surface area (Å²) in [5, 5.41) is 0.810. The van der Waals surface area contributed by atoms with E-state index in [2.05, 4.69) is 11.3 Å². The van der Waals surface area contributed by atoms with E-state index in [1.807, 2.05) is 0 Å². The van der Waals surface area contributed by atoms with Crippen LogP contribution in [0.4, 0.5) is 4.39 Å². The molecule has 10 heteroatoms. The van der Waals surface area contributed by atoms with Crippen LogP contribution in [0.1, 0.15) is 12.8 Å². The lowest BCUT2D eigenvalue weighted by molar-refractivity contribution is 0.267. The molecule has 0 unspecified atom stereocenters. The molecule has 0 amide bonds. The molecular formula is C15H21FN2O5S2. The summed E-state index contributed by atoms with van der Waals surface area (Å²) in [5.74, 6) is -0.952. The van der Waals surface area contributed by atoms with Gasteiger partial charge in [0.25, 0.3) is 0 Å². The Hall–Kier alpha value is -1.49. The highest BCUT2D eigenvalue weighted by molar-refractivity contribution is 7.92. The SMILES string of the molecule is C=CS(=O)(=O)NC[C@H]1CCCN(S(=O)(=O)c2ccc(OC)c(F)c2)C1. The smallest absolute Gasteiger partial charge is 0.243 e. The molecule has 0 saturated carbocycles. The monoisotopic (exact) mass is 392 g/mol. The summed E-state index contributed by atoms with van der Waals surface area (Å²) in [6.07, 6.45) is 1.29. The number of halogens is 1. The second-order valence-electron chi connectivity index (χ2n) is 5.73. The molecule has 7 nitrogen and oxygen atoms in total. The molecule has 1 aromatic rings. The molecule has 0 radical (unpaired) electrons. The first-order valence-electron chi connectivity index (χ1n) is 7.65. The van der Waals surface area contributed by atoms with Crippen LogP contribution >= 0.6 is 0 Å². The fourth-order valence-electron chi connectivity index (χ4n) is 2.66. The number of hydrogen-bond donors (Lipinski definition) is 1. The van der Waals surface area contributed by atoms with Crippen molar-refractivity contribution in [2.75, 3.05) is 26.7 Å². The fraction of sp³-hybridized carbons (Fsp3) is 0.467. The summed E-state index contributed by atoms with van der Waals surface area (Å²) in [6.45, 7) is 3.80. The third-order valence-corrected chi connectivity index (χ3v) is 6.90. The van der Waals surface area contributed by atoms with Gasteiger partial charge >= 0.3 is 0 Å². The second kappa shape index (κ2) is 7.81. The van der Waals surface area contributed by atoms with Gasteiger partial charge in [0, 0.05) is 25.0 Å². The van der Waals surface area contributed by atoms with E-state index < -0.39 is 25.9 Å². The number of piperidine rings is 1. The first kappa shape index (κ1) is 19.8. The van der Waals surface area contributed by atoms with Crippen molar-refractivity contribution in [3.05, 3.63) is 36.0 Å². The molecule has 0 bridgehead atoms. The number of sulfonamides is 2. The Morgan fingerprint density at radius 2 is 2.12 bits per heavy atom. The molecule has 1 aromatic carbocycles. The summed E-state index contributed by atoms with van der Waals surface area (Å²) in [6, 6.07) is 3.49. The van der Waals surface area contributed by atoms with Gasteiger partial charge in [-0.15, -0.1) is 0 Å². The Morgan fingerprint density at radius 1 is 1.40 bits per heavy atom. The van der Waals surface area contributed by atoms with Crippen molar-refractivity contribution in [3.63, 3.8) is 0 Å². The maximum Gasteiger partial charge on any atom is 0.243 e.